The monoisotopic (exact) mass is 324 g/mol. The van der Waals surface area contributed by atoms with Crippen molar-refractivity contribution in [2.45, 2.75) is 46.1 Å². The highest BCUT2D eigenvalue weighted by Gasteiger charge is 2.25. The van der Waals surface area contributed by atoms with Crippen LogP contribution >= 0.6 is 15.9 Å². The summed E-state index contributed by atoms with van der Waals surface area (Å²) in [4.78, 5) is 11.4. The van der Waals surface area contributed by atoms with Gasteiger partial charge in [-0.2, -0.15) is 0 Å². The molecule has 0 radical (unpaired) electrons. The fourth-order valence-corrected chi connectivity index (χ4v) is 3.65. The molecule has 104 valence electrons. The molecule has 1 aliphatic rings. The molecule has 2 rings (SSSR count). The van der Waals surface area contributed by atoms with Crippen LogP contribution < -0.4 is 4.74 Å². The first-order valence-electron chi connectivity index (χ1n) is 6.93. The molecule has 1 saturated carbocycles. The van der Waals surface area contributed by atoms with Crippen LogP contribution in [0.2, 0.25) is 0 Å². The van der Waals surface area contributed by atoms with Gasteiger partial charge in [0, 0.05) is 10.0 Å². The molecule has 0 bridgehead atoms. The maximum Gasteiger partial charge on any atom is 0.160 e. The predicted molar refractivity (Wildman–Crippen MR) is 80.7 cm³/mol. The topological polar surface area (TPSA) is 26.3 Å². The van der Waals surface area contributed by atoms with Crippen LogP contribution in [-0.4, -0.2) is 11.9 Å². The summed E-state index contributed by atoms with van der Waals surface area (Å²) in [6.45, 7) is 6.16. The van der Waals surface area contributed by atoms with E-state index in [-0.39, 0.29) is 5.78 Å². The van der Waals surface area contributed by atoms with Gasteiger partial charge in [-0.05, 0) is 72.2 Å². The van der Waals surface area contributed by atoms with E-state index in [0.29, 0.717) is 11.7 Å². The van der Waals surface area contributed by atoms with E-state index in [1.165, 1.54) is 6.42 Å². The number of ether oxygens (including phenoxy) is 1. The lowest BCUT2D eigenvalue weighted by atomic mass is 9.82. The van der Waals surface area contributed by atoms with Gasteiger partial charge in [-0.15, -0.1) is 0 Å². The lowest BCUT2D eigenvalue weighted by Crippen LogP contribution is -2.28. The Balaban J connectivity index is 2.07. The maximum absolute atomic E-state index is 11.4. The molecule has 0 spiro atoms. The van der Waals surface area contributed by atoms with Crippen molar-refractivity contribution in [1.29, 1.82) is 0 Å². The predicted octanol–water partition coefficient (Wildman–Crippen LogP) is 4.86. The number of carbonyl (C=O) groups is 1. The van der Waals surface area contributed by atoms with Crippen molar-refractivity contribution in [3.63, 3.8) is 0 Å². The average molecular weight is 325 g/mol. The zero-order chi connectivity index (χ0) is 14.0. The van der Waals surface area contributed by atoms with E-state index in [2.05, 4.69) is 29.8 Å². The molecule has 2 unspecified atom stereocenters. The van der Waals surface area contributed by atoms with Crippen molar-refractivity contribution in [3.8, 4) is 5.75 Å². The number of rotatable bonds is 3. The highest BCUT2D eigenvalue weighted by molar-refractivity contribution is 9.10. The number of carbonyl (C=O) groups excluding carboxylic acids is 1. The standard InChI is InChI=1S/C16H21BrO2/c1-10-6-11(2)8-14(7-10)19-13-4-5-15(12(3)18)16(17)9-13/h4-5,9-11,14H,6-8H2,1-3H3. The minimum Gasteiger partial charge on any atom is -0.490 e. The summed E-state index contributed by atoms with van der Waals surface area (Å²) in [5.41, 5.74) is 0.706. The largest absolute Gasteiger partial charge is 0.490 e. The molecule has 2 atom stereocenters. The Morgan fingerprint density at radius 1 is 1.21 bits per heavy atom. The fraction of sp³-hybridized carbons (Fsp3) is 0.562. The summed E-state index contributed by atoms with van der Waals surface area (Å²) < 4.78 is 6.88. The maximum atomic E-state index is 11.4. The number of ketones is 1. The van der Waals surface area contributed by atoms with Crippen LogP contribution in [0.1, 0.15) is 50.4 Å². The second-order valence-electron chi connectivity index (χ2n) is 5.86. The molecule has 0 N–H and O–H groups in total. The van der Waals surface area contributed by atoms with Crippen LogP contribution in [0.5, 0.6) is 5.75 Å². The molecule has 1 fully saturated rings. The molecule has 0 heterocycles. The average Bonchev–Trinajstić information content (AvgIpc) is 2.26. The molecule has 0 aliphatic heterocycles. The summed E-state index contributed by atoms with van der Waals surface area (Å²) in [5, 5.41) is 0. The summed E-state index contributed by atoms with van der Waals surface area (Å²) in [7, 11) is 0. The second-order valence-corrected chi connectivity index (χ2v) is 6.71. The number of hydrogen-bond acceptors (Lipinski definition) is 2. The van der Waals surface area contributed by atoms with Gasteiger partial charge in [-0.25, -0.2) is 0 Å². The van der Waals surface area contributed by atoms with E-state index < -0.39 is 0 Å². The van der Waals surface area contributed by atoms with Gasteiger partial charge in [-0.3, -0.25) is 4.79 Å². The van der Waals surface area contributed by atoms with Crippen molar-refractivity contribution in [1.82, 2.24) is 0 Å². The van der Waals surface area contributed by atoms with Crippen molar-refractivity contribution in [3.05, 3.63) is 28.2 Å². The van der Waals surface area contributed by atoms with Crippen molar-refractivity contribution in [2.75, 3.05) is 0 Å². The number of hydrogen-bond donors (Lipinski definition) is 0. The van der Waals surface area contributed by atoms with E-state index in [4.69, 9.17) is 4.74 Å². The fourth-order valence-electron chi connectivity index (χ4n) is 3.02. The number of Topliss-reactive ketones (excluding diaryl/α,β-unsaturated/α-hetero) is 1. The molecule has 19 heavy (non-hydrogen) atoms. The highest BCUT2D eigenvalue weighted by atomic mass is 79.9. The molecular formula is C16H21BrO2. The van der Waals surface area contributed by atoms with E-state index in [1.54, 1.807) is 6.92 Å². The van der Waals surface area contributed by atoms with Gasteiger partial charge >= 0.3 is 0 Å². The molecule has 1 aromatic rings. The molecule has 0 aromatic heterocycles. The van der Waals surface area contributed by atoms with Gasteiger partial charge < -0.3 is 4.74 Å². The van der Waals surface area contributed by atoms with Gasteiger partial charge in [0.25, 0.3) is 0 Å². The Morgan fingerprint density at radius 3 is 2.37 bits per heavy atom. The number of halogens is 1. The van der Waals surface area contributed by atoms with Gasteiger partial charge in [0.1, 0.15) is 5.75 Å². The van der Waals surface area contributed by atoms with Gasteiger partial charge in [-0.1, -0.05) is 13.8 Å². The van der Waals surface area contributed by atoms with Crippen molar-refractivity contribution >= 4 is 21.7 Å². The van der Waals surface area contributed by atoms with Crippen LogP contribution in [0.15, 0.2) is 22.7 Å². The first kappa shape index (κ1) is 14.6. The van der Waals surface area contributed by atoms with E-state index in [1.807, 2.05) is 18.2 Å². The molecule has 0 saturated heterocycles. The summed E-state index contributed by atoms with van der Waals surface area (Å²) >= 11 is 3.44. The Bertz CT molecular complexity index is 460. The first-order chi connectivity index (χ1) is 8.95. The zero-order valence-electron chi connectivity index (χ0n) is 11.8. The van der Waals surface area contributed by atoms with Crippen LogP contribution in [0.25, 0.3) is 0 Å². The smallest absolute Gasteiger partial charge is 0.160 e. The first-order valence-corrected chi connectivity index (χ1v) is 7.72. The molecule has 2 nitrogen and oxygen atoms in total. The minimum absolute atomic E-state index is 0.0679. The normalized spacial score (nSPS) is 27.1. The molecule has 1 aromatic carbocycles. The molecule has 0 amide bonds. The van der Waals surface area contributed by atoms with Crippen LogP contribution in [0, 0.1) is 11.8 Å². The lowest BCUT2D eigenvalue weighted by Gasteiger charge is -2.31. The number of benzene rings is 1. The Labute approximate surface area is 123 Å². The molecule has 1 aliphatic carbocycles. The third kappa shape index (κ3) is 3.82. The Kier molecular flexibility index (Phi) is 4.67. The van der Waals surface area contributed by atoms with Crippen molar-refractivity contribution < 1.29 is 9.53 Å². The van der Waals surface area contributed by atoms with Gasteiger partial charge in [0.05, 0.1) is 6.10 Å². The summed E-state index contributed by atoms with van der Waals surface area (Å²) in [5.74, 6) is 2.38. The molecular weight excluding hydrogens is 304 g/mol. The SMILES string of the molecule is CC(=O)c1ccc(OC2CC(C)CC(C)C2)cc1Br. The minimum atomic E-state index is 0.0679. The van der Waals surface area contributed by atoms with Gasteiger partial charge in [0.2, 0.25) is 0 Å². The second kappa shape index (κ2) is 6.08. The summed E-state index contributed by atoms with van der Waals surface area (Å²) in [6, 6.07) is 5.63. The van der Waals surface area contributed by atoms with Gasteiger partial charge in [0.15, 0.2) is 5.78 Å². The lowest BCUT2D eigenvalue weighted by molar-refractivity contribution is 0.100. The Morgan fingerprint density at radius 2 is 1.84 bits per heavy atom. The zero-order valence-corrected chi connectivity index (χ0v) is 13.4. The van der Waals surface area contributed by atoms with Crippen LogP contribution in [0.3, 0.4) is 0 Å². The van der Waals surface area contributed by atoms with E-state index >= 15 is 0 Å². The third-order valence-corrected chi connectivity index (χ3v) is 4.41. The van der Waals surface area contributed by atoms with E-state index in [0.717, 1.165) is 34.9 Å². The summed E-state index contributed by atoms with van der Waals surface area (Å²) in [6.07, 6.45) is 3.84. The highest BCUT2D eigenvalue weighted by Crippen LogP contribution is 2.32. The third-order valence-electron chi connectivity index (χ3n) is 3.76. The molecule has 3 heteroatoms. The quantitative estimate of drug-likeness (QED) is 0.742. The van der Waals surface area contributed by atoms with E-state index in [9.17, 15) is 4.79 Å². The van der Waals surface area contributed by atoms with Crippen LogP contribution in [0.4, 0.5) is 0 Å². The van der Waals surface area contributed by atoms with Crippen molar-refractivity contribution in [2.24, 2.45) is 11.8 Å². The Hall–Kier alpha value is -0.830. The van der Waals surface area contributed by atoms with Crippen LogP contribution in [-0.2, 0) is 0 Å².